The lowest BCUT2D eigenvalue weighted by Gasteiger charge is -2.12. The topological polar surface area (TPSA) is 35.2 Å². The minimum absolute atomic E-state index is 0. The van der Waals surface area contributed by atoms with E-state index >= 15 is 0 Å². The summed E-state index contributed by atoms with van der Waals surface area (Å²) >= 11 is 0. The van der Waals surface area contributed by atoms with Gasteiger partial charge in [0.15, 0.2) is 0 Å². The molecule has 0 radical (unpaired) electrons. The maximum absolute atomic E-state index is 11.9. The van der Waals surface area contributed by atoms with Crippen molar-refractivity contribution in [3.05, 3.63) is 29.8 Å². The largest absolute Gasteiger partial charge is 0.435 e. The highest BCUT2D eigenvalue weighted by Gasteiger charge is 2.07. The van der Waals surface area contributed by atoms with Crippen molar-refractivity contribution in [3.8, 4) is 5.75 Å². The first-order chi connectivity index (χ1) is 8.13. The van der Waals surface area contributed by atoms with Crippen molar-refractivity contribution in [1.82, 2.24) is 0 Å². The lowest BCUT2D eigenvalue weighted by Crippen LogP contribution is -2.10. The third kappa shape index (κ3) is 6.17. The van der Waals surface area contributed by atoms with Crippen LogP contribution in [0.4, 0.5) is 8.78 Å². The van der Waals surface area contributed by atoms with Gasteiger partial charge in [-0.2, -0.15) is 8.78 Å². The summed E-state index contributed by atoms with van der Waals surface area (Å²) in [5, 5.41) is 0. The average Bonchev–Trinajstić information content (AvgIpc) is 2.29. The van der Waals surface area contributed by atoms with Crippen LogP contribution in [0.2, 0.25) is 0 Å². The lowest BCUT2D eigenvalue weighted by molar-refractivity contribution is -0.0498. The van der Waals surface area contributed by atoms with Gasteiger partial charge in [0.1, 0.15) is 5.75 Å². The fourth-order valence-electron chi connectivity index (χ4n) is 1.68. The molecule has 1 aromatic carbocycles. The van der Waals surface area contributed by atoms with Gasteiger partial charge in [-0.15, -0.1) is 12.4 Å². The van der Waals surface area contributed by atoms with E-state index in [2.05, 4.69) is 11.7 Å². The average molecular weight is 280 g/mol. The summed E-state index contributed by atoms with van der Waals surface area (Å²) in [6, 6.07) is 6.52. The van der Waals surface area contributed by atoms with Crippen molar-refractivity contribution in [2.45, 2.75) is 45.3 Å². The monoisotopic (exact) mass is 279 g/mol. The zero-order valence-electron chi connectivity index (χ0n) is 10.4. The molecular weight excluding hydrogens is 260 g/mol. The van der Waals surface area contributed by atoms with E-state index in [0.717, 1.165) is 24.8 Å². The van der Waals surface area contributed by atoms with Gasteiger partial charge in [0.25, 0.3) is 0 Å². The molecule has 1 rings (SSSR count). The third-order valence-electron chi connectivity index (χ3n) is 2.65. The summed E-state index contributed by atoms with van der Waals surface area (Å²) in [4.78, 5) is 0. The van der Waals surface area contributed by atoms with E-state index in [9.17, 15) is 8.78 Å². The smallest absolute Gasteiger partial charge is 0.387 e. The first-order valence-corrected chi connectivity index (χ1v) is 5.93. The van der Waals surface area contributed by atoms with Gasteiger partial charge in [0.05, 0.1) is 0 Å². The van der Waals surface area contributed by atoms with E-state index in [1.807, 2.05) is 0 Å². The van der Waals surface area contributed by atoms with Crippen LogP contribution in [-0.2, 0) is 0 Å². The molecule has 0 fully saturated rings. The molecule has 0 saturated carbocycles. The quantitative estimate of drug-likeness (QED) is 0.756. The Morgan fingerprint density at radius 2 is 1.78 bits per heavy atom. The van der Waals surface area contributed by atoms with Gasteiger partial charge >= 0.3 is 6.61 Å². The van der Waals surface area contributed by atoms with Gasteiger partial charge in [0, 0.05) is 6.04 Å². The molecule has 0 spiro atoms. The zero-order chi connectivity index (χ0) is 12.7. The second-order valence-electron chi connectivity index (χ2n) is 4.05. The van der Waals surface area contributed by atoms with Crippen LogP contribution in [0, 0.1) is 0 Å². The second kappa shape index (κ2) is 9.11. The van der Waals surface area contributed by atoms with Crippen LogP contribution < -0.4 is 10.5 Å². The highest BCUT2D eigenvalue weighted by atomic mass is 35.5. The summed E-state index contributed by atoms with van der Waals surface area (Å²) in [6.45, 7) is -0.638. The molecule has 0 heterocycles. The number of ether oxygens (including phenoxy) is 1. The minimum atomic E-state index is -2.78. The molecule has 0 aromatic heterocycles. The van der Waals surface area contributed by atoms with E-state index < -0.39 is 6.61 Å². The Balaban J connectivity index is 0.00000289. The maximum atomic E-state index is 11.9. The fourth-order valence-corrected chi connectivity index (χ4v) is 1.68. The molecule has 2 nitrogen and oxygen atoms in total. The van der Waals surface area contributed by atoms with Crippen molar-refractivity contribution in [2.24, 2.45) is 5.73 Å². The van der Waals surface area contributed by atoms with Gasteiger partial charge < -0.3 is 10.5 Å². The molecule has 0 saturated heterocycles. The minimum Gasteiger partial charge on any atom is -0.435 e. The summed E-state index contributed by atoms with van der Waals surface area (Å²) in [6.07, 6.45) is 4.34. The van der Waals surface area contributed by atoms with Crippen LogP contribution in [-0.4, -0.2) is 6.61 Å². The first-order valence-electron chi connectivity index (χ1n) is 5.93. The molecule has 2 N–H and O–H groups in total. The number of hydrogen-bond donors (Lipinski definition) is 1. The Labute approximate surface area is 113 Å². The molecule has 5 heteroatoms. The van der Waals surface area contributed by atoms with E-state index in [4.69, 9.17) is 5.73 Å². The normalized spacial score (nSPS) is 12.1. The highest BCUT2D eigenvalue weighted by Crippen LogP contribution is 2.21. The number of hydrogen-bond acceptors (Lipinski definition) is 2. The van der Waals surface area contributed by atoms with Crippen molar-refractivity contribution in [2.75, 3.05) is 0 Å². The molecule has 104 valence electrons. The van der Waals surface area contributed by atoms with Crippen LogP contribution in [0.3, 0.4) is 0 Å². The number of unbranched alkanes of at least 4 members (excludes halogenated alkanes) is 2. The number of halogens is 3. The predicted octanol–water partition coefficient (Wildman–Crippen LogP) is 4.29. The van der Waals surface area contributed by atoms with Gasteiger partial charge in [-0.25, -0.2) is 0 Å². The Hall–Kier alpha value is -0.870. The molecule has 1 aromatic rings. The highest BCUT2D eigenvalue weighted by molar-refractivity contribution is 5.85. The Bertz CT molecular complexity index is 319. The van der Waals surface area contributed by atoms with Gasteiger partial charge in [0.2, 0.25) is 0 Å². The molecule has 0 bridgehead atoms. The van der Waals surface area contributed by atoms with Gasteiger partial charge in [-0.05, 0) is 24.1 Å². The third-order valence-corrected chi connectivity index (χ3v) is 2.65. The maximum Gasteiger partial charge on any atom is 0.387 e. The van der Waals surface area contributed by atoms with E-state index in [1.54, 1.807) is 12.1 Å². The van der Waals surface area contributed by atoms with Crippen molar-refractivity contribution < 1.29 is 13.5 Å². The summed E-state index contributed by atoms with van der Waals surface area (Å²) in [5.74, 6) is 0.171. The lowest BCUT2D eigenvalue weighted by atomic mass is 10.0. The molecule has 18 heavy (non-hydrogen) atoms. The Morgan fingerprint density at radius 3 is 2.28 bits per heavy atom. The van der Waals surface area contributed by atoms with Crippen LogP contribution in [0.25, 0.3) is 0 Å². The predicted molar refractivity (Wildman–Crippen MR) is 71.4 cm³/mol. The van der Waals surface area contributed by atoms with Crippen LogP contribution in [0.15, 0.2) is 24.3 Å². The molecule has 0 aliphatic heterocycles. The van der Waals surface area contributed by atoms with E-state index in [1.165, 1.54) is 18.6 Å². The molecule has 1 atom stereocenters. The van der Waals surface area contributed by atoms with Crippen molar-refractivity contribution in [1.29, 1.82) is 0 Å². The molecule has 0 amide bonds. The molecule has 0 aliphatic carbocycles. The van der Waals surface area contributed by atoms with Gasteiger partial charge in [-0.3, -0.25) is 0 Å². The van der Waals surface area contributed by atoms with Crippen molar-refractivity contribution in [3.63, 3.8) is 0 Å². The molecule has 0 aliphatic rings. The summed E-state index contributed by atoms with van der Waals surface area (Å²) in [5.41, 5.74) is 6.96. The van der Waals surface area contributed by atoms with Crippen LogP contribution in [0.5, 0.6) is 5.75 Å². The van der Waals surface area contributed by atoms with E-state index in [0.29, 0.717) is 0 Å². The SMILES string of the molecule is CCCCC[C@@H](N)c1ccc(OC(F)F)cc1.Cl. The Kier molecular flexibility index (Phi) is 8.67. The second-order valence-corrected chi connectivity index (χ2v) is 4.05. The fraction of sp³-hybridized carbons (Fsp3) is 0.538. The zero-order valence-corrected chi connectivity index (χ0v) is 11.3. The van der Waals surface area contributed by atoms with Crippen LogP contribution in [0.1, 0.15) is 44.2 Å². The van der Waals surface area contributed by atoms with Crippen molar-refractivity contribution >= 4 is 12.4 Å². The summed E-state index contributed by atoms with van der Waals surface area (Å²) < 4.78 is 28.1. The summed E-state index contributed by atoms with van der Waals surface area (Å²) in [7, 11) is 0. The number of alkyl halides is 2. The first kappa shape index (κ1) is 17.1. The van der Waals surface area contributed by atoms with Gasteiger partial charge in [-0.1, -0.05) is 38.3 Å². The van der Waals surface area contributed by atoms with Crippen LogP contribution >= 0.6 is 12.4 Å². The molecule has 0 unspecified atom stereocenters. The standard InChI is InChI=1S/C13H19F2NO.ClH/c1-2-3-4-5-12(16)10-6-8-11(9-7-10)17-13(14)15;/h6-9,12-13H,2-5,16H2,1H3;1H/t12-;/m1./s1. The number of rotatable bonds is 7. The number of nitrogens with two attached hydrogens (primary N) is 1. The van der Waals surface area contributed by atoms with E-state index in [-0.39, 0.29) is 24.2 Å². The molecular formula is C13H20ClF2NO. The Morgan fingerprint density at radius 1 is 1.17 bits per heavy atom. The number of benzene rings is 1.